The summed E-state index contributed by atoms with van der Waals surface area (Å²) in [4.78, 5) is 13.6. The molecule has 4 nitrogen and oxygen atoms in total. The van der Waals surface area contributed by atoms with Crippen LogP contribution in [0.25, 0.3) is 0 Å². The minimum Gasteiger partial charge on any atom is -0.481 e. The van der Waals surface area contributed by atoms with Crippen molar-refractivity contribution in [2.45, 2.75) is 13.0 Å². The van der Waals surface area contributed by atoms with Gasteiger partial charge < -0.3 is 15.0 Å². The second-order valence-corrected chi connectivity index (χ2v) is 3.94. The van der Waals surface area contributed by atoms with Crippen LogP contribution >= 0.6 is 12.4 Å². The van der Waals surface area contributed by atoms with E-state index in [2.05, 4.69) is 5.32 Å². The Morgan fingerprint density at radius 2 is 2.00 bits per heavy atom. The van der Waals surface area contributed by atoms with E-state index in [9.17, 15) is 4.79 Å². The van der Waals surface area contributed by atoms with Crippen LogP contribution in [0.1, 0.15) is 6.92 Å². The number of hydrogen-bond acceptors (Lipinski definition) is 3. The highest BCUT2D eigenvalue weighted by Gasteiger charge is 2.18. The lowest BCUT2D eigenvalue weighted by Gasteiger charge is -2.22. The number of likely N-dealkylation sites (N-methyl/N-ethyl adjacent to an activating group) is 2. The van der Waals surface area contributed by atoms with Crippen LogP contribution < -0.4 is 10.1 Å². The second-order valence-electron chi connectivity index (χ2n) is 3.94. The van der Waals surface area contributed by atoms with Gasteiger partial charge in [0.15, 0.2) is 6.10 Å². The van der Waals surface area contributed by atoms with Gasteiger partial charge in [0.05, 0.1) is 0 Å². The number of rotatable bonds is 6. The van der Waals surface area contributed by atoms with E-state index in [1.54, 1.807) is 18.9 Å². The van der Waals surface area contributed by atoms with Crippen molar-refractivity contribution in [3.8, 4) is 5.75 Å². The van der Waals surface area contributed by atoms with Crippen LogP contribution in [-0.2, 0) is 4.79 Å². The van der Waals surface area contributed by atoms with Crippen molar-refractivity contribution in [1.82, 2.24) is 10.2 Å². The van der Waals surface area contributed by atoms with Crippen LogP contribution in [0.2, 0.25) is 0 Å². The smallest absolute Gasteiger partial charge is 0.263 e. The van der Waals surface area contributed by atoms with Gasteiger partial charge in [-0.2, -0.15) is 0 Å². The number of amides is 1. The average Bonchev–Trinajstić information content (AvgIpc) is 2.36. The van der Waals surface area contributed by atoms with Crippen LogP contribution in [0.4, 0.5) is 0 Å². The average molecular weight is 273 g/mol. The number of benzene rings is 1. The summed E-state index contributed by atoms with van der Waals surface area (Å²) in [6.07, 6.45) is -0.459. The zero-order valence-electron chi connectivity index (χ0n) is 11.1. The lowest BCUT2D eigenvalue weighted by Crippen LogP contribution is -2.40. The molecule has 0 aliphatic carbocycles. The number of carbonyl (C=O) groups excluding carboxylic acids is 1. The number of ether oxygens (including phenoxy) is 1. The van der Waals surface area contributed by atoms with Crippen LogP contribution in [0.5, 0.6) is 5.75 Å². The Labute approximate surface area is 115 Å². The van der Waals surface area contributed by atoms with Crippen molar-refractivity contribution >= 4 is 18.3 Å². The molecular weight excluding hydrogens is 252 g/mol. The summed E-state index contributed by atoms with van der Waals surface area (Å²) in [6.45, 7) is 3.23. The molecule has 0 spiro atoms. The Kier molecular flexibility index (Phi) is 8.16. The van der Waals surface area contributed by atoms with Gasteiger partial charge in [0.1, 0.15) is 5.75 Å². The van der Waals surface area contributed by atoms with Crippen molar-refractivity contribution in [1.29, 1.82) is 0 Å². The van der Waals surface area contributed by atoms with Crippen molar-refractivity contribution < 1.29 is 9.53 Å². The van der Waals surface area contributed by atoms with Crippen LogP contribution in [0.3, 0.4) is 0 Å². The third kappa shape index (κ3) is 5.38. The molecule has 1 atom stereocenters. The molecule has 1 aromatic rings. The normalized spacial score (nSPS) is 11.3. The zero-order chi connectivity index (χ0) is 12.7. The highest BCUT2D eigenvalue weighted by molar-refractivity contribution is 5.85. The summed E-state index contributed by atoms with van der Waals surface area (Å²) >= 11 is 0. The first-order chi connectivity index (χ1) is 8.15. The van der Waals surface area contributed by atoms with Crippen LogP contribution in [0.15, 0.2) is 30.3 Å². The fourth-order valence-corrected chi connectivity index (χ4v) is 1.45. The molecule has 1 aromatic carbocycles. The summed E-state index contributed by atoms with van der Waals surface area (Å²) in [6, 6.07) is 9.38. The van der Waals surface area contributed by atoms with Gasteiger partial charge in [-0.25, -0.2) is 0 Å². The fourth-order valence-electron chi connectivity index (χ4n) is 1.45. The van der Waals surface area contributed by atoms with Crippen LogP contribution in [0, 0.1) is 0 Å². The first kappa shape index (κ1) is 16.7. The Balaban J connectivity index is 0.00000289. The highest BCUT2D eigenvalue weighted by Crippen LogP contribution is 2.11. The first-order valence-corrected chi connectivity index (χ1v) is 5.76. The Hall–Kier alpha value is -1.26. The molecule has 0 aliphatic rings. The standard InChI is InChI=1S/C13H20N2O2.ClH/c1-11(13(16)15(3)10-9-14-2)17-12-7-5-4-6-8-12;/h4-8,11,14H,9-10H2,1-3H3;1H. The predicted molar refractivity (Wildman–Crippen MR) is 75.3 cm³/mol. The van der Waals surface area contributed by atoms with Gasteiger partial charge in [-0.3, -0.25) is 4.79 Å². The second kappa shape index (κ2) is 8.78. The maximum atomic E-state index is 11.9. The van der Waals surface area contributed by atoms with E-state index < -0.39 is 6.10 Å². The van der Waals surface area contributed by atoms with E-state index in [4.69, 9.17) is 4.74 Å². The Morgan fingerprint density at radius 3 is 2.56 bits per heavy atom. The van der Waals surface area contributed by atoms with E-state index in [-0.39, 0.29) is 18.3 Å². The molecular formula is C13H21ClN2O2. The topological polar surface area (TPSA) is 41.6 Å². The maximum Gasteiger partial charge on any atom is 0.263 e. The third-order valence-corrected chi connectivity index (χ3v) is 2.48. The Morgan fingerprint density at radius 1 is 1.39 bits per heavy atom. The molecule has 18 heavy (non-hydrogen) atoms. The number of halogens is 1. The summed E-state index contributed by atoms with van der Waals surface area (Å²) in [7, 11) is 3.65. The van der Waals surface area contributed by atoms with Crippen LogP contribution in [-0.4, -0.2) is 44.1 Å². The van der Waals surface area contributed by atoms with Crippen molar-refractivity contribution in [3.05, 3.63) is 30.3 Å². The lowest BCUT2D eigenvalue weighted by atomic mass is 10.3. The maximum absolute atomic E-state index is 11.9. The molecule has 0 aromatic heterocycles. The molecule has 0 bridgehead atoms. The largest absolute Gasteiger partial charge is 0.481 e. The molecule has 1 N–H and O–H groups in total. The molecule has 5 heteroatoms. The monoisotopic (exact) mass is 272 g/mol. The molecule has 102 valence electrons. The molecule has 1 amide bonds. The molecule has 0 saturated heterocycles. The minimum atomic E-state index is -0.459. The van der Waals surface area contributed by atoms with Gasteiger partial charge in [-0.15, -0.1) is 12.4 Å². The summed E-state index contributed by atoms with van der Waals surface area (Å²) < 4.78 is 5.57. The Bertz CT molecular complexity index is 346. The van der Waals surface area contributed by atoms with E-state index in [1.807, 2.05) is 37.4 Å². The number of hydrogen-bond donors (Lipinski definition) is 1. The summed E-state index contributed by atoms with van der Waals surface area (Å²) in [5.41, 5.74) is 0. The SMILES string of the molecule is CNCCN(C)C(=O)C(C)Oc1ccccc1.Cl. The van der Waals surface area contributed by atoms with Crippen molar-refractivity contribution in [3.63, 3.8) is 0 Å². The van der Waals surface area contributed by atoms with Crippen molar-refractivity contribution in [2.75, 3.05) is 27.2 Å². The highest BCUT2D eigenvalue weighted by atomic mass is 35.5. The number of nitrogens with zero attached hydrogens (tertiary/aromatic N) is 1. The molecule has 0 radical (unpaired) electrons. The molecule has 0 fully saturated rings. The van der Waals surface area contributed by atoms with Crippen molar-refractivity contribution in [2.24, 2.45) is 0 Å². The van der Waals surface area contributed by atoms with E-state index in [0.29, 0.717) is 6.54 Å². The fraction of sp³-hybridized carbons (Fsp3) is 0.462. The minimum absolute atomic E-state index is 0. The van der Waals surface area contributed by atoms with Gasteiger partial charge in [-0.05, 0) is 26.1 Å². The quantitative estimate of drug-likeness (QED) is 0.854. The summed E-state index contributed by atoms with van der Waals surface area (Å²) in [5, 5.41) is 3.01. The number of nitrogens with one attached hydrogen (secondary N) is 1. The lowest BCUT2D eigenvalue weighted by molar-refractivity contribution is -0.136. The van der Waals surface area contributed by atoms with E-state index in [1.165, 1.54) is 0 Å². The zero-order valence-corrected chi connectivity index (χ0v) is 11.9. The third-order valence-electron chi connectivity index (χ3n) is 2.48. The number of para-hydroxylation sites is 1. The number of carbonyl (C=O) groups is 1. The van der Waals surface area contributed by atoms with Gasteiger partial charge >= 0.3 is 0 Å². The first-order valence-electron chi connectivity index (χ1n) is 5.76. The molecule has 1 unspecified atom stereocenters. The molecule has 0 saturated carbocycles. The van der Waals surface area contributed by atoms with Gasteiger partial charge in [0, 0.05) is 20.1 Å². The van der Waals surface area contributed by atoms with E-state index >= 15 is 0 Å². The van der Waals surface area contributed by atoms with Gasteiger partial charge in [-0.1, -0.05) is 18.2 Å². The molecule has 1 rings (SSSR count). The van der Waals surface area contributed by atoms with Gasteiger partial charge in [0.2, 0.25) is 0 Å². The molecule has 0 heterocycles. The summed E-state index contributed by atoms with van der Waals surface area (Å²) in [5.74, 6) is 0.708. The molecule has 0 aliphatic heterocycles. The van der Waals surface area contributed by atoms with E-state index in [0.717, 1.165) is 12.3 Å². The van der Waals surface area contributed by atoms with Gasteiger partial charge in [0.25, 0.3) is 5.91 Å². The predicted octanol–water partition coefficient (Wildman–Crippen LogP) is 1.55.